The number of thioether (sulfide) groups is 1. The molecule has 0 aliphatic heterocycles. The van der Waals surface area contributed by atoms with E-state index in [9.17, 15) is 22.8 Å². The Morgan fingerprint density at radius 1 is 1.26 bits per heavy atom. The Hall–Kier alpha value is -1.90. The quantitative estimate of drug-likeness (QED) is 0.739. The Labute approximate surface area is 135 Å². The number of nitrogens with one attached hydrogen (secondary N) is 1. The summed E-state index contributed by atoms with van der Waals surface area (Å²) in [7, 11) is 0. The molecule has 9 heteroatoms. The summed E-state index contributed by atoms with van der Waals surface area (Å²) >= 11 is -0.202. The Bertz CT molecular complexity index is 567. The number of rotatable bonds is 7. The summed E-state index contributed by atoms with van der Waals surface area (Å²) in [6.07, 6.45) is 0. The number of carboxylic acid groups (broad SMARTS) is 1. The van der Waals surface area contributed by atoms with Crippen molar-refractivity contribution in [3.8, 4) is 5.75 Å². The van der Waals surface area contributed by atoms with Crippen LogP contribution in [-0.4, -0.2) is 41.4 Å². The first kappa shape index (κ1) is 19.1. The van der Waals surface area contributed by atoms with E-state index in [0.717, 1.165) is 0 Å². The van der Waals surface area contributed by atoms with E-state index in [4.69, 9.17) is 9.84 Å². The van der Waals surface area contributed by atoms with Crippen molar-refractivity contribution >= 4 is 23.6 Å². The lowest BCUT2D eigenvalue weighted by Crippen LogP contribution is -2.26. The third-order valence-electron chi connectivity index (χ3n) is 2.72. The van der Waals surface area contributed by atoms with Gasteiger partial charge in [0.05, 0.1) is 0 Å². The smallest absolute Gasteiger partial charge is 0.441 e. The fourth-order valence-corrected chi connectivity index (χ4v) is 2.31. The fraction of sp³-hybridized carbons (Fsp3) is 0.429. The molecule has 0 aliphatic carbocycles. The van der Waals surface area contributed by atoms with Crippen molar-refractivity contribution in [2.45, 2.75) is 19.4 Å². The molecule has 1 rings (SSSR count). The lowest BCUT2D eigenvalue weighted by atomic mass is 10.1. The summed E-state index contributed by atoms with van der Waals surface area (Å²) in [4.78, 5) is 22.4. The molecule has 0 heterocycles. The average molecular weight is 351 g/mol. The minimum atomic E-state index is -4.32. The number of halogens is 3. The first-order valence-electron chi connectivity index (χ1n) is 6.55. The summed E-state index contributed by atoms with van der Waals surface area (Å²) in [6.45, 7) is 2.70. The molecule has 23 heavy (non-hydrogen) atoms. The minimum Gasteiger partial charge on any atom is -0.481 e. The van der Waals surface area contributed by atoms with Crippen molar-refractivity contribution in [2.24, 2.45) is 0 Å². The number of benzene rings is 1. The number of carbonyl (C=O) groups is 2. The topological polar surface area (TPSA) is 75.6 Å². The van der Waals surface area contributed by atoms with Gasteiger partial charge in [-0.2, -0.15) is 13.2 Å². The Kier molecular flexibility index (Phi) is 6.74. The van der Waals surface area contributed by atoms with Gasteiger partial charge >= 0.3 is 11.5 Å². The molecule has 0 saturated heterocycles. The second-order valence-electron chi connectivity index (χ2n) is 4.67. The normalized spacial score (nSPS) is 11.2. The van der Waals surface area contributed by atoms with Crippen LogP contribution >= 0.6 is 11.8 Å². The van der Waals surface area contributed by atoms with Crippen LogP contribution in [0.1, 0.15) is 21.5 Å². The SMILES string of the molecule is Cc1cc(C(=O)NCCSC(F)(F)F)cc(C)c1OCC(=O)O. The second-order valence-corrected chi connectivity index (χ2v) is 5.83. The molecule has 0 unspecified atom stereocenters. The highest BCUT2D eigenvalue weighted by molar-refractivity contribution is 8.00. The van der Waals surface area contributed by atoms with Crippen molar-refractivity contribution < 1.29 is 32.6 Å². The van der Waals surface area contributed by atoms with E-state index in [1.54, 1.807) is 13.8 Å². The number of hydrogen-bond acceptors (Lipinski definition) is 4. The van der Waals surface area contributed by atoms with E-state index in [0.29, 0.717) is 16.9 Å². The number of ether oxygens (including phenoxy) is 1. The maximum Gasteiger partial charge on any atom is 0.441 e. The molecule has 0 saturated carbocycles. The zero-order valence-corrected chi connectivity index (χ0v) is 13.3. The third kappa shape index (κ3) is 6.81. The Morgan fingerprint density at radius 3 is 2.30 bits per heavy atom. The molecule has 1 amide bonds. The van der Waals surface area contributed by atoms with Gasteiger partial charge in [0, 0.05) is 17.9 Å². The second kappa shape index (κ2) is 8.09. The van der Waals surface area contributed by atoms with Crippen LogP contribution in [0.5, 0.6) is 5.75 Å². The predicted octanol–water partition coefficient (Wildman–Crippen LogP) is 2.75. The van der Waals surface area contributed by atoms with Crippen molar-refractivity contribution in [3.05, 3.63) is 28.8 Å². The average Bonchev–Trinajstić information content (AvgIpc) is 2.40. The fourth-order valence-electron chi connectivity index (χ4n) is 1.88. The number of aliphatic carboxylic acids is 1. The van der Waals surface area contributed by atoms with E-state index >= 15 is 0 Å². The van der Waals surface area contributed by atoms with Crippen LogP contribution in [0.4, 0.5) is 13.2 Å². The monoisotopic (exact) mass is 351 g/mol. The number of amides is 1. The molecule has 0 bridgehead atoms. The van der Waals surface area contributed by atoms with Crippen LogP contribution in [0.25, 0.3) is 0 Å². The molecule has 5 nitrogen and oxygen atoms in total. The molecule has 1 aromatic rings. The van der Waals surface area contributed by atoms with Gasteiger partial charge in [0.15, 0.2) is 6.61 Å². The number of carboxylic acids is 1. The van der Waals surface area contributed by atoms with E-state index < -0.39 is 24.0 Å². The van der Waals surface area contributed by atoms with Crippen LogP contribution in [0.3, 0.4) is 0 Å². The van der Waals surface area contributed by atoms with Gasteiger partial charge in [-0.25, -0.2) is 4.79 Å². The molecule has 128 valence electrons. The van der Waals surface area contributed by atoms with E-state index in [1.807, 2.05) is 0 Å². The summed E-state index contributed by atoms with van der Waals surface area (Å²) in [5.74, 6) is -1.51. The maximum absolute atomic E-state index is 12.0. The molecule has 0 spiro atoms. The highest BCUT2D eigenvalue weighted by Crippen LogP contribution is 2.29. The Morgan fingerprint density at radius 2 is 1.83 bits per heavy atom. The van der Waals surface area contributed by atoms with Crippen LogP contribution in [0, 0.1) is 13.8 Å². The molecule has 1 aromatic carbocycles. The summed E-state index contributed by atoms with van der Waals surface area (Å²) in [5, 5.41) is 11.0. The largest absolute Gasteiger partial charge is 0.481 e. The predicted molar refractivity (Wildman–Crippen MR) is 79.9 cm³/mol. The molecule has 0 radical (unpaired) electrons. The molecule has 0 atom stereocenters. The summed E-state index contributed by atoms with van der Waals surface area (Å²) < 4.78 is 41.1. The van der Waals surface area contributed by atoms with Crippen molar-refractivity contribution in [1.29, 1.82) is 0 Å². The summed E-state index contributed by atoms with van der Waals surface area (Å²) in [6, 6.07) is 2.99. The minimum absolute atomic E-state index is 0.113. The van der Waals surface area contributed by atoms with Crippen molar-refractivity contribution in [2.75, 3.05) is 18.9 Å². The molecule has 0 aromatic heterocycles. The molecule has 2 N–H and O–H groups in total. The highest BCUT2D eigenvalue weighted by Gasteiger charge is 2.27. The molecule has 0 aliphatic rings. The van der Waals surface area contributed by atoms with E-state index in [2.05, 4.69) is 5.32 Å². The number of alkyl halides is 3. The number of aryl methyl sites for hydroxylation is 2. The van der Waals surface area contributed by atoms with Gasteiger partial charge in [0.1, 0.15) is 5.75 Å². The number of carbonyl (C=O) groups excluding carboxylic acids is 1. The standard InChI is InChI=1S/C14H16F3NO4S/c1-8-5-10(6-9(2)12(8)22-7-11(19)20)13(21)18-3-4-23-14(15,16)17/h5-6H,3-4,7H2,1-2H3,(H,18,21)(H,19,20). The van der Waals surface area contributed by atoms with E-state index in [1.165, 1.54) is 12.1 Å². The highest BCUT2D eigenvalue weighted by atomic mass is 32.2. The van der Waals surface area contributed by atoms with Crippen LogP contribution in [-0.2, 0) is 4.79 Å². The summed E-state index contributed by atoms with van der Waals surface area (Å²) in [5.41, 5.74) is -2.90. The molecular weight excluding hydrogens is 335 g/mol. The van der Waals surface area contributed by atoms with Gasteiger partial charge in [-0.1, -0.05) is 0 Å². The lowest BCUT2D eigenvalue weighted by molar-refractivity contribution is -0.139. The van der Waals surface area contributed by atoms with Gasteiger partial charge in [0.25, 0.3) is 5.91 Å². The van der Waals surface area contributed by atoms with Gasteiger partial charge in [-0.05, 0) is 48.9 Å². The molecule has 0 fully saturated rings. The van der Waals surface area contributed by atoms with Gasteiger partial charge in [0.2, 0.25) is 0 Å². The maximum atomic E-state index is 12.0. The lowest BCUT2D eigenvalue weighted by Gasteiger charge is -2.13. The number of hydrogen-bond donors (Lipinski definition) is 2. The van der Waals surface area contributed by atoms with Crippen molar-refractivity contribution in [3.63, 3.8) is 0 Å². The van der Waals surface area contributed by atoms with Crippen LogP contribution in [0.15, 0.2) is 12.1 Å². The zero-order valence-electron chi connectivity index (χ0n) is 12.5. The third-order valence-corrected chi connectivity index (χ3v) is 3.45. The van der Waals surface area contributed by atoms with E-state index in [-0.39, 0.29) is 29.6 Å². The first-order valence-corrected chi connectivity index (χ1v) is 7.53. The van der Waals surface area contributed by atoms with Crippen molar-refractivity contribution in [1.82, 2.24) is 5.32 Å². The van der Waals surface area contributed by atoms with Crippen LogP contribution < -0.4 is 10.1 Å². The Balaban J connectivity index is 2.66. The van der Waals surface area contributed by atoms with Crippen LogP contribution in [0.2, 0.25) is 0 Å². The van der Waals surface area contributed by atoms with Gasteiger partial charge in [-0.15, -0.1) is 0 Å². The first-order chi connectivity index (χ1) is 10.6. The van der Waals surface area contributed by atoms with Gasteiger partial charge < -0.3 is 15.2 Å². The zero-order chi connectivity index (χ0) is 17.6. The molecular formula is C14H16F3NO4S. The van der Waals surface area contributed by atoms with Gasteiger partial charge in [-0.3, -0.25) is 4.79 Å².